The fraction of sp³-hybridized carbons (Fsp3) is 0.571. The molecule has 1 N–H and O–H groups in total. The van der Waals surface area contributed by atoms with E-state index in [1.54, 1.807) is 12.1 Å². The molecule has 1 rings (SSSR count). The van der Waals surface area contributed by atoms with Gasteiger partial charge < -0.3 is 10.1 Å². The molecule has 0 aromatic heterocycles. The molecule has 0 aliphatic carbocycles. The number of nitro groups is 1. The van der Waals surface area contributed by atoms with Gasteiger partial charge in [-0.15, -0.1) is 0 Å². The summed E-state index contributed by atoms with van der Waals surface area (Å²) >= 11 is 0. The molecule has 5 heteroatoms. The number of rotatable bonds is 7. The zero-order chi connectivity index (χ0) is 14.4. The SMILES string of the molecule is CCNC(C)C(C)c1ccc([N+](=O)[O-])c(OCC)c1. The van der Waals surface area contributed by atoms with E-state index in [1.807, 2.05) is 6.92 Å². The molecule has 1 aromatic rings. The Morgan fingerprint density at radius 2 is 2.05 bits per heavy atom. The first-order valence-corrected chi connectivity index (χ1v) is 6.65. The fourth-order valence-corrected chi connectivity index (χ4v) is 2.02. The van der Waals surface area contributed by atoms with Crippen LogP contribution in [0.25, 0.3) is 0 Å². The van der Waals surface area contributed by atoms with Crippen LogP contribution in [0.1, 0.15) is 39.2 Å². The van der Waals surface area contributed by atoms with Crippen molar-refractivity contribution in [3.8, 4) is 5.75 Å². The molecule has 0 radical (unpaired) electrons. The van der Waals surface area contributed by atoms with Gasteiger partial charge in [-0.3, -0.25) is 10.1 Å². The first-order chi connectivity index (χ1) is 9.01. The Labute approximate surface area is 114 Å². The Bertz CT molecular complexity index is 435. The lowest BCUT2D eigenvalue weighted by Gasteiger charge is -2.21. The van der Waals surface area contributed by atoms with Crippen LogP contribution >= 0.6 is 0 Å². The highest BCUT2D eigenvalue weighted by Gasteiger charge is 2.19. The summed E-state index contributed by atoms with van der Waals surface area (Å²) in [6.07, 6.45) is 0. The minimum absolute atomic E-state index is 0.0221. The summed E-state index contributed by atoms with van der Waals surface area (Å²) in [6.45, 7) is 9.41. The molecule has 0 bridgehead atoms. The molecule has 0 aliphatic rings. The molecule has 0 aliphatic heterocycles. The number of nitro benzene ring substituents is 1. The Kier molecular flexibility index (Phi) is 5.76. The largest absolute Gasteiger partial charge is 0.487 e. The number of ether oxygens (including phenoxy) is 1. The van der Waals surface area contributed by atoms with Gasteiger partial charge in [0.15, 0.2) is 5.75 Å². The summed E-state index contributed by atoms with van der Waals surface area (Å²) in [5.41, 5.74) is 1.07. The van der Waals surface area contributed by atoms with E-state index >= 15 is 0 Å². The maximum absolute atomic E-state index is 10.9. The van der Waals surface area contributed by atoms with E-state index in [4.69, 9.17) is 4.74 Å². The maximum Gasteiger partial charge on any atom is 0.310 e. The molecule has 2 atom stereocenters. The van der Waals surface area contributed by atoms with Crippen LogP contribution in [-0.4, -0.2) is 24.1 Å². The second-order valence-electron chi connectivity index (χ2n) is 4.55. The Morgan fingerprint density at radius 1 is 1.37 bits per heavy atom. The molecule has 2 unspecified atom stereocenters. The van der Waals surface area contributed by atoms with Gasteiger partial charge in [0.1, 0.15) is 0 Å². The van der Waals surface area contributed by atoms with Gasteiger partial charge in [0.25, 0.3) is 0 Å². The van der Waals surface area contributed by atoms with E-state index in [9.17, 15) is 10.1 Å². The lowest BCUT2D eigenvalue weighted by atomic mass is 9.94. The van der Waals surface area contributed by atoms with Crippen LogP contribution < -0.4 is 10.1 Å². The molecule has 1 aromatic carbocycles. The molecular formula is C14H22N2O3. The lowest BCUT2D eigenvalue weighted by Crippen LogP contribution is -2.30. The summed E-state index contributed by atoms with van der Waals surface area (Å²) in [5.74, 6) is 0.612. The van der Waals surface area contributed by atoms with Crippen LogP contribution in [0.2, 0.25) is 0 Å². The van der Waals surface area contributed by atoms with Crippen molar-refractivity contribution in [2.75, 3.05) is 13.2 Å². The summed E-state index contributed by atoms with van der Waals surface area (Å²) in [6, 6.07) is 5.41. The van der Waals surface area contributed by atoms with Crippen molar-refractivity contribution < 1.29 is 9.66 Å². The van der Waals surface area contributed by atoms with E-state index in [2.05, 4.69) is 26.1 Å². The number of benzene rings is 1. The van der Waals surface area contributed by atoms with Crippen LogP contribution in [-0.2, 0) is 0 Å². The number of hydrogen-bond donors (Lipinski definition) is 1. The standard InChI is InChI=1S/C14H22N2O3/c1-5-15-11(4)10(3)12-7-8-13(16(17)18)14(9-12)19-6-2/h7-11,15H,5-6H2,1-4H3. The third kappa shape index (κ3) is 3.92. The van der Waals surface area contributed by atoms with Gasteiger partial charge in [0, 0.05) is 12.1 Å². The zero-order valence-corrected chi connectivity index (χ0v) is 12.0. The number of likely N-dealkylation sites (N-methyl/N-ethyl adjacent to an activating group) is 1. The van der Waals surface area contributed by atoms with Crippen molar-refractivity contribution in [1.82, 2.24) is 5.32 Å². The maximum atomic E-state index is 10.9. The quantitative estimate of drug-likeness (QED) is 0.608. The zero-order valence-electron chi connectivity index (χ0n) is 12.0. The average Bonchev–Trinajstić information content (AvgIpc) is 2.38. The molecule has 0 saturated heterocycles. The first-order valence-electron chi connectivity index (χ1n) is 6.65. The van der Waals surface area contributed by atoms with Gasteiger partial charge in [-0.2, -0.15) is 0 Å². The van der Waals surface area contributed by atoms with Gasteiger partial charge >= 0.3 is 5.69 Å². The van der Waals surface area contributed by atoms with E-state index < -0.39 is 4.92 Å². The number of hydrogen-bond acceptors (Lipinski definition) is 4. The van der Waals surface area contributed by atoms with Crippen molar-refractivity contribution in [2.24, 2.45) is 0 Å². The number of nitrogens with one attached hydrogen (secondary N) is 1. The van der Waals surface area contributed by atoms with Crippen molar-refractivity contribution in [3.05, 3.63) is 33.9 Å². The summed E-state index contributed by atoms with van der Waals surface area (Å²) in [7, 11) is 0. The Balaban J connectivity index is 3.03. The molecule has 0 saturated carbocycles. The first kappa shape index (κ1) is 15.4. The molecule has 0 fully saturated rings. The predicted octanol–water partition coefficient (Wildman–Crippen LogP) is 3.10. The topological polar surface area (TPSA) is 64.4 Å². The molecule has 5 nitrogen and oxygen atoms in total. The fourth-order valence-electron chi connectivity index (χ4n) is 2.02. The molecule has 0 heterocycles. The second kappa shape index (κ2) is 7.09. The minimum Gasteiger partial charge on any atom is -0.487 e. The van der Waals surface area contributed by atoms with E-state index in [-0.39, 0.29) is 11.6 Å². The van der Waals surface area contributed by atoms with Crippen LogP contribution in [0.4, 0.5) is 5.69 Å². The normalized spacial score (nSPS) is 13.9. The number of nitrogens with zero attached hydrogens (tertiary/aromatic N) is 1. The molecule has 106 valence electrons. The van der Waals surface area contributed by atoms with Gasteiger partial charge in [-0.1, -0.05) is 19.9 Å². The third-order valence-electron chi connectivity index (χ3n) is 3.28. The highest BCUT2D eigenvalue weighted by molar-refractivity contribution is 5.49. The summed E-state index contributed by atoms with van der Waals surface area (Å²) in [4.78, 5) is 10.5. The van der Waals surface area contributed by atoms with Crippen LogP contribution in [0.5, 0.6) is 5.75 Å². The third-order valence-corrected chi connectivity index (χ3v) is 3.28. The Hall–Kier alpha value is -1.62. The summed E-state index contributed by atoms with van der Waals surface area (Å²) < 4.78 is 5.37. The van der Waals surface area contributed by atoms with Gasteiger partial charge in [-0.25, -0.2) is 0 Å². The summed E-state index contributed by atoms with van der Waals surface area (Å²) in [5, 5.41) is 14.3. The molecule has 0 spiro atoms. The average molecular weight is 266 g/mol. The smallest absolute Gasteiger partial charge is 0.310 e. The lowest BCUT2D eigenvalue weighted by molar-refractivity contribution is -0.385. The van der Waals surface area contributed by atoms with Gasteiger partial charge in [-0.05, 0) is 37.9 Å². The van der Waals surface area contributed by atoms with Gasteiger partial charge in [0.2, 0.25) is 0 Å². The van der Waals surface area contributed by atoms with Crippen LogP contribution in [0.15, 0.2) is 18.2 Å². The van der Waals surface area contributed by atoms with Crippen molar-refractivity contribution in [3.63, 3.8) is 0 Å². The molecule has 19 heavy (non-hydrogen) atoms. The van der Waals surface area contributed by atoms with E-state index in [0.29, 0.717) is 18.4 Å². The van der Waals surface area contributed by atoms with Gasteiger partial charge in [0.05, 0.1) is 11.5 Å². The Morgan fingerprint density at radius 3 is 2.58 bits per heavy atom. The molecule has 0 amide bonds. The molecular weight excluding hydrogens is 244 g/mol. The monoisotopic (exact) mass is 266 g/mol. The minimum atomic E-state index is -0.410. The van der Waals surface area contributed by atoms with Crippen LogP contribution in [0, 0.1) is 10.1 Å². The highest BCUT2D eigenvalue weighted by atomic mass is 16.6. The van der Waals surface area contributed by atoms with Crippen molar-refractivity contribution in [2.45, 2.75) is 39.7 Å². The second-order valence-corrected chi connectivity index (χ2v) is 4.55. The van der Waals surface area contributed by atoms with Crippen molar-refractivity contribution >= 4 is 5.69 Å². The van der Waals surface area contributed by atoms with Crippen molar-refractivity contribution in [1.29, 1.82) is 0 Å². The van der Waals surface area contributed by atoms with E-state index in [0.717, 1.165) is 12.1 Å². The predicted molar refractivity (Wildman–Crippen MR) is 75.8 cm³/mol. The van der Waals surface area contributed by atoms with E-state index in [1.165, 1.54) is 6.07 Å². The highest BCUT2D eigenvalue weighted by Crippen LogP contribution is 2.31. The van der Waals surface area contributed by atoms with Crippen LogP contribution in [0.3, 0.4) is 0 Å².